The topological polar surface area (TPSA) is 86.7 Å². The first-order chi connectivity index (χ1) is 10.1. The summed E-state index contributed by atoms with van der Waals surface area (Å²) in [5.74, 6) is 0.0224. The number of amides is 1. The molecule has 0 aliphatic carbocycles. The fraction of sp³-hybridized carbons (Fsp3) is 0.500. The lowest BCUT2D eigenvalue weighted by Crippen LogP contribution is -2.20. The number of carbonyl (C=O) groups is 1. The predicted molar refractivity (Wildman–Crippen MR) is 85.3 cm³/mol. The first-order valence-corrected chi connectivity index (χ1v) is 7.27. The van der Waals surface area contributed by atoms with Gasteiger partial charge in [0.05, 0.1) is 23.5 Å². The Labute approximate surface area is 130 Å². The molecule has 0 aliphatic heterocycles. The molecule has 1 amide bonds. The third-order valence-corrected chi connectivity index (χ3v) is 3.64. The quantitative estimate of drug-likeness (QED) is 0.936. The van der Waals surface area contributed by atoms with Gasteiger partial charge in [-0.25, -0.2) is 9.97 Å². The first-order valence-electron chi connectivity index (χ1n) is 7.27. The van der Waals surface area contributed by atoms with Gasteiger partial charge in [0.1, 0.15) is 5.82 Å². The molecule has 0 bridgehead atoms. The van der Waals surface area contributed by atoms with Crippen LogP contribution in [0.15, 0.2) is 6.07 Å². The van der Waals surface area contributed by atoms with Crippen molar-refractivity contribution in [1.82, 2.24) is 19.7 Å². The van der Waals surface area contributed by atoms with E-state index in [1.54, 1.807) is 0 Å². The maximum Gasteiger partial charge on any atom is 0.225 e. The summed E-state index contributed by atoms with van der Waals surface area (Å²) in [6.07, 6.45) is 0.0370. The highest BCUT2D eigenvalue weighted by Gasteiger charge is 2.21. The van der Waals surface area contributed by atoms with Crippen molar-refractivity contribution < 1.29 is 4.79 Å². The van der Waals surface area contributed by atoms with Crippen molar-refractivity contribution in [2.24, 2.45) is 12.8 Å². The van der Waals surface area contributed by atoms with Crippen molar-refractivity contribution in [3.05, 3.63) is 29.0 Å². The Morgan fingerprint density at radius 3 is 2.36 bits per heavy atom. The second-order valence-corrected chi connectivity index (χ2v) is 6.62. The highest BCUT2D eigenvalue weighted by atomic mass is 16.1. The van der Waals surface area contributed by atoms with Gasteiger partial charge in [-0.2, -0.15) is 5.10 Å². The van der Waals surface area contributed by atoms with Crippen LogP contribution in [0.3, 0.4) is 0 Å². The number of hydrogen-bond donors (Lipinski definition) is 1. The minimum atomic E-state index is -0.434. The van der Waals surface area contributed by atoms with Crippen molar-refractivity contribution in [2.75, 3.05) is 0 Å². The van der Waals surface area contributed by atoms with E-state index in [4.69, 9.17) is 5.73 Å². The van der Waals surface area contributed by atoms with Crippen LogP contribution in [0.2, 0.25) is 0 Å². The van der Waals surface area contributed by atoms with Crippen molar-refractivity contribution >= 4 is 5.91 Å². The van der Waals surface area contributed by atoms with Gasteiger partial charge in [0.25, 0.3) is 0 Å². The van der Waals surface area contributed by atoms with Gasteiger partial charge < -0.3 is 5.73 Å². The van der Waals surface area contributed by atoms with Crippen molar-refractivity contribution in [1.29, 1.82) is 0 Å². The van der Waals surface area contributed by atoms with Crippen LogP contribution in [-0.2, 0) is 23.7 Å². The summed E-state index contributed by atoms with van der Waals surface area (Å²) in [7, 11) is 1.90. The maximum atomic E-state index is 11.2. The molecule has 0 fully saturated rings. The van der Waals surface area contributed by atoms with Crippen molar-refractivity contribution in [2.45, 2.75) is 46.5 Å². The minimum absolute atomic E-state index is 0.0370. The zero-order valence-electron chi connectivity index (χ0n) is 14.1. The van der Waals surface area contributed by atoms with E-state index < -0.39 is 5.91 Å². The number of aryl methyl sites for hydroxylation is 2. The third kappa shape index (κ3) is 3.16. The zero-order chi connectivity index (χ0) is 16.7. The van der Waals surface area contributed by atoms with E-state index in [0.717, 1.165) is 28.3 Å². The number of carbonyl (C=O) groups excluding carboxylic acids is 1. The number of aromatic nitrogens is 4. The van der Waals surface area contributed by atoms with E-state index in [1.165, 1.54) is 0 Å². The van der Waals surface area contributed by atoms with E-state index in [2.05, 4.69) is 35.8 Å². The fourth-order valence-electron chi connectivity index (χ4n) is 2.39. The van der Waals surface area contributed by atoms with Gasteiger partial charge in [0, 0.05) is 23.7 Å². The van der Waals surface area contributed by atoms with E-state index >= 15 is 0 Å². The van der Waals surface area contributed by atoms with Crippen LogP contribution < -0.4 is 5.73 Å². The summed E-state index contributed by atoms with van der Waals surface area (Å²) in [6, 6.07) is 1.97. The van der Waals surface area contributed by atoms with E-state index in [1.807, 2.05) is 31.6 Å². The van der Waals surface area contributed by atoms with Crippen LogP contribution in [0.25, 0.3) is 11.3 Å². The molecule has 6 heteroatoms. The Bertz CT molecular complexity index is 725. The zero-order valence-corrected chi connectivity index (χ0v) is 14.1. The molecule has 2 aromatic rings. The Morgan fingerprint density at radius 2 is 1.91 bits per heavy atom. The lowest BCUT2D eigenvalue weighted by atomic mass is 9.90. The fourth-order valence-corrected chi connectivity index (χ4v) is 2.39. The molecule has 0 unspecified atom stereocenters. The van der Waals surface area contributed by atoms with Gasteiger partial charge in [0.2, 0.25) is 5.91 Å². The van der Waals surface area contributed by atoms with Gasteiger partial charge in [-0.3, -0.25) is 9.48 Å². The van der Waals surface area contributed by atoms with Gasteiger partial charge in [-0.05, 0) is 19.9 Å². The van der Waals surface area contributed by atoms with Crippen LogP contribution in [0.4, 0.5) is 0 Å². The van der Waals surface area contributed by atoms with Crippen LogP contribution in [0, 0.1) is 13.8 Å². The molecular weight excluding hydrogens is 278 g/mol. The molecule has 0 atom stereocenters. The van der Waals surface area contributed by atoms with E-state index in [9.17, 15) is 4.79 Å². The number of primary amides is 1. The van der Waals surface area contributed by atoms with E-state index in [-0.39, 0.29) is 11.8 Å². The van der Waals surface area contributed by atoms with Crippen LogP contribution >= 0.6 is 0 Å². The summed E-state index contributed by atoms with van der Waals surface area (Å²) in [5, 5.41) is 4.43. The molecule has 2 N–H and O–H groups in total. The van der Waals surface area contributed by atoms with Crippen LogP contribution in [-0.4, -0.2) is 25.7 Å². The van der Waals surface area contributed by atoms with Gasteiger partial charge in [-0.15, -0.1) is 0 Å². The van der Waals surface area contributed by atoms with Gasteiger partial charge in [-0.1, -0.05) is 20.8 Å². The van der Waals surface area contributed by atoms with E-state index in [0.29, 0.717) is 5.82 Å². The van der Waals surface area contributed by atoms with Crippen molar-refractivity contribution in [3.63, 3.8) is 0 Å². The number of rotatable bonds is 3. The molecule has 0 aliphatic rings. The molecule has 22 heavy (non-hydrogen) atoms. The second-order valence-electron chi connectivity index (χ2n) is 6.62. The SMILES string of the molecule is Cc1nn(C)c(C)c1-c1cc(C(C)(C)C)nc(CC(N)=O)n1. The highest BCUT2D eigenvalue weighted by molar-refractivity contribution is 5.76. The average molecular weight is 301 g/mol. The molecule has 0 saturated heterocycles. The molecule has 0 radical (unpaired) electrons. The average Bonchev–Trinajstić information content (AvgIpc) is 2.61. The Kier molecular flexibility index (Phi) is 4.04. The van der Waals surface area contributed by atoms with Crippen LogP contribution in [0.5, 0.6) is 0 Å². The predicted octanol–water partition coefficient (Wildman–Crippen LogP) is 1.82. The van der Waals surface area contributed by atoms with Gasteiger partial charge in [0.15, 0.2) is 0 Å². The molecule has 118 valence electrons. The summed E-state index contributed by atoms with van der Waals surface area (Å²) >= 11 is 0. The van der Waals surface area contributed by atoms with Gasteiger partial charge >= 0.3 is 0 Å². The second kappa shape index (κ2) is 5.51. The lowest BCUT2D eigenvalue weighted by Gasteiger charge is -2.19. The smallest absolute Gasteiger partial charge is 0.225 e. The summed E-state index contributed by atoms with van der Waals surface area (Å²) in [4.78, 5) is 20.3. The minimum Gasteiger partial charge on any atom is -0.369 e. The maximum absolute atomic E-state index is 11.2. The Balaban J connectivity index is 2.67. The van der Waals surface area contributed by atoms with Crippen LogP contribution in [0.1, 0.15) is 43.7 Å². The number of hydrogen-bond acceptors (Lipinski definition) is 4. The summed E-state index contributed by atoms with van der Waals surface area (Å²) < 4.78 is 1.83. The highest BCUT2D eigenvalue weighted by Crippen LogP contribution is 2.29. The molecule has 2 heterocycles. The third-order valence-electron chi connectivity index (χ3n) is 3.64. The standard InChI is InChI=1S/C16H23N5O/c1-9-15(10(2)21(6)20-9)11-7-12(16(3,4)5)19-14(18-11)8-13(17)22/h7H,8H2,1-6H3,(H2,17,22). The molecule has 0 aromatic carbocycles. The largest absolute Gasteiger partial charge is 0.369 e. The lowest BCUT2D eigenvalue weighted by molar-refractivity contribution is -0.117. The normalized spacial score (nSPS) is 11.7. The molecule has 2 aromatic heterocycles. The first kappa shape index (κ1) is 16.1. The summed E-state index contributed by atoms with van der Waals surface area (Å²) in [6.45, 7) is 10.2. The molecule has 0 saturated carbocycles. The molecule has 2 rings (SSSR count). The summed E-state index contributed by atoms with van der Waals surface area (Å²) in [5.41, 5.74) is 9.75. The molecule has 0 spiro atoms. The monoisotopic (exact) mass is 301 g/mol. The number of nitrogens with two attached hydrogens (primary N) is 1. The Morgan fingerprint density at radius 1 is 1.27 bits per heavy atom. The number of nitrogens with zero attached hydrogens (tertiary/aromatic N) is 4. The van der Waals surface area contributed by atoms with Crippen molar-refractivity contribution in [3.8, 4) is 11.3 Å². The molecular formula is C16H23N5O. The molecule has 6 nitrogen and oxygen atoms in total. The Hall–Kier alpha value is -2.24.